The van der Waals surface area contributed by atoms with Crippen LogP contribution in [-0.2, 0) is 0 Å². The number of para-hydroxylation sites is 6. The normalized spacial score (nSPS) is 12.0. The molecule has 0 saturated carbocycles. The number of thiophene rings is 3. The molecule has 0 saturated heterocycles. The van der Waals surface area contributed by atoms with E-state index >= 15 is 0 Å². The van der Waals surface area contributed by atoms with Gasteiger partial charge in [-0.05, 0) is 168 Å². The fourth-order valence-corrected chi connectivity index (χ4v) is 25.1. The van der Waals surface area contributed by atoms with E-state index < -0.39 is 0 Å². The fourth-order valence-electron chi connectivity index (χ4n) is 21.6. The molecule has 0 aliphatic rings. The Labute approximate surface area is 812 Å². The Morgan fingerprint density at radius 2 is 0.464 bits per heavy atom. The smallest absolute Gasteiger partial charge is 0.167 e. The third-order valence-electron chi connectivity index (χ3n) is 28.0. The maximum absolute atomic E-state index is 7.10. The standard InChI is InChI=1S/C63H37N5OS.C63H37N5S2/c1-3-15-38(16-4-1)61-64-62(39-17-5-2-6-18-39)66-63(65-61)48-24-13-22-46-47-23-14-27-56(60(47)69-59(46)48)68-53-26-11-8-20-44(53)50-36-41(30-33-55(50)68)40-29-32-54-49(35-40)43-19-7-10-25-52(43)67(54)42-31-34-58-51(37-42)45-21-9-12-28-57(45)70-58;1-3-15-38(16-4-1)61-64-62(39-17-5-2-6-18-39)66-63(65-61)48-24-13-22-46-47-23-14-27-56(60(47)70-59(46)48)68-53-26-11-8-20-44(53)50-36-41(30-33-55(50)68)40-29-32-54-49(35-40)43-19-7-10-25-52(43)67(54)42-31-34-58-51(37-42)45-21-9-12-28-57(45)69-58/h2*1-37H. The number of fused-ring (bicyclic) bond motifs is 24. The van der Waals surface area contributed by atoms with Crippen LogP contribution in [0.5, 0.6) is 0 Å². The van der Waals surface area contributed by atoms with Crippen LogP contribution >= 0.6 is 34.0 Å². The molecule has 0 radical (unpaired) electrons. The number of hydrogen-bond acceptors (Lipinski definition) is 10. The van der Waals surface area contributed by atoms with Crippen molar-refractivity contribution >= 4 is 204 Å². The summed E-state index contributed by atoms with van der Waals surface area (Å²) in [7, 11) is 0. The molecule has 30 rings (SSSR count). The summed E-state index contributed by atoms with van der Waals surface area (Å²) in [6.07, 6.45) is 0. The predicted octanol–water partition coefficient (Wildman–Crippen LogP) is 34.5. The van der Waals surface area contributed by atoms with E-state index in [0.29, 0.717) is 34.9 Å². The molecule has 20 aromatic carbocycles. The molecule has 0 fully saturated rings. The maximum Gasteiger partial charge on any atom is 0.167 e. The molecule has 0 unspecified atom stereocenters. The first kappa shape index (κ1) is 79.5. The Morgan fingerprint density at radius 1 is 0.164 bits per heavy atom. The van der Waals surface area contributed by atoms with Crippen LogP contribution in [0.4, 0.5) is 0 Å². The van der Waals surface area contributed by atoms with Crippen LogP contribution in [0.2, 0.25) is 0 Å². The van der Waals surface area contributed by atoms with E-state index in [0.717, 1.165) is 88.0 Å². The Morgan fingerprint density at radius 3 is 0.893 bits per heavy atom. The lowest BCUT2D eigenvalue weighted by Crippen LogP contribution is -2.00. The Hall–Kier alpha value is -17.9. The molecule has 30 aromatic rings. The molecule has 0 bridgehead atoms. The number of benzene rings is 20. The minimum Gasteiger partial charge on any atom is -0.453 e. The van der Waals surface area contributed by atoms with E-state index in [1.54, 1.807) is 0 Å². The van der Waals surface area contributed by atoms with Crippen LogP contribution in [0.25, 0.3) is 283 Å². The van der Waals surface area contributed by atoms with Crippen LogP contribution in [-0.4, -0.2) is 48.2 Å². The lowest BCUT2D eigenvalue weighted by molar-refractivity contribution is 0.667. The van der Waals surface area contributed by atoms with Gasteiger partial charge in [-0.25, -0.2) is 29.9 Å². The zero-order chi connectivity index (χ0) is 91.7. The van der Waals surface area contributed by atoms with E-state index in [1.165, 1.54) is 160 Å². The Balaban J connectivity index is 0.000000134. The first-order valence-corrected chi connectivity index (χ1v) is 49.5. The van der Waals surface area contributed by atoms with Crippen molar-refractivity contribution in [3.63, 3.8) is 0 Å². The summed E-state index contributed by atoms with van der Waals surface area (Å²) >= 11 is 5.52. The largest absolute Gasteiger partial charge is 0.453 e. The van der Waals surface area contributed by atoms with Gasteiger partial charge in [-0.3, -0.25) is 0 Å². The highest BCUT2D eigenvalue weighted by Gasteiger charge is 2.27. The van der Waals surface area contributed by atoms with E-state index in [4.69, 9.17) is 34.3 Å². The molecule has 0 spiro atoms. The molecule has 0 atom stereocenters. The van der Waals surface area contributed by atoms with Gasteiger partial charge in [-0.1, -0.05) is 303 Å². The van der Waals surface area contributed by atoms with Crippen LogP contribution in [0.15, 0.2) is 453 Å². The van der Waals surface area contributed by atoms with Gasteiger partial charge in [0.15, 0.2) is 40.5 Å². The average Bonchev–Trinajstić information content (AvgIpc) is 1.58. The SMILES string of the molecule is c1ccc(-c2nc(-c3ccccc3)nc(-c3cccc4c3oc3c(-n5c6ccccc6c6cc(-c7ccc8c(c7)c7ccccc7n8-c7ccc8sc9ccccc9c8c7)ccc65)cccc34)n2)cc1.c1ccc(-c2nc(-c3ccccc3)nc(-c3cccc4c3sc3c(-n5c6ccccc6c6cc(-c7ccc8c(c7)c7ccccc7n8-c7ccc8sc9ccccc9c8c7)ccc65)cccc34)n2)cc1. The topological polar surface area (TPSA) is 110 Å². The number of rotatable bonds is 12. The molecule has 652 valence electrons. The minimum atomic E-state index is 0.555. The molecule has 11 nitrogen and oxygen atoms in total. The summed E-state index contributed by atoms with van der Waals surface area (Å²) in [5.74, 6) is 3.73. The molecular weight excluding hydrogens is 1770 g/mol. The molecule has 14 heteroatoms. The van der Waals surface area contributed by atoms with Crippen molar-refractivity contribution in [3.05, 3.63) is 449 Å². The number of aromatic nitrogens is 10. The third-order valence-corrected chi connectivity index (χ3v) is 31.5. The van der Waals surface area contributed by atoms with Crippen molar-refractivity contribution in [2.75, 3.05) is 0 Å². The van der Waals surface area contributed by atoms with Gasteiger partial charge in [0, 0.05) is 149 Å². The van der Waals surface area contributed by atoms with Crippen LogP contribution in [0.1, 0.15) is 0 Å². The number of nitrogens with zero attached hydrogens (tertiary/aromatic N) is 10. The lowest BCUT2D eigenvalue weighted by atomic mass is 10.0. The van der Waals surface area contributed by atoms with Gasteiger partial charge in [0.2, 0.25) is 0 Å². The Kier molecular flexibility index (Phi) is 18.1. The lowest BCUT2D eigenvalue weighted by Gasteiger charge is -2.10. The zero-order valence-electron chi connectivity index (χ0n) is 74.8. The van der Waals surface area contributed by atoms with Crippen molar-refractivity contribution in [1.29, 1.82) is 0 Å². The van der Waals surface area contributed by atoms with Crippen LogP contribution in [0.3, 0.4) is 0 Å². The highest BCUT2D eigenvalue weighted by molar-refractivity contribution is 7.27. The summed E-state index contributed by atoms with van der Waals surface area (Å²) in [5, 5.41) is 19.4. The maximum atomic E-state index is 7.10. The monoisotopic (exact) mass is 1840 g/mol. The van der Waals surface area contributed by atoms with Gasteiger partial charge in [0.05, 0.1) is 65.8 Å². The Bertz CT molecular complexity index is 9670. The first-order valence-electron chi connectivity index (χ1n) is 47.0. The molecule has 0 amide bonds. The molecule has 10 heterocycles. The molecule has 10 aromatic heterocycles. The van der Waals surface area contributed by atoms with Gasteiger partial charge in [0.25, 0.3) is 0 Å². The predicted molar refractivity (Wildman–Crippen MR) is 586 cm³/mol. The third kappa shape index (κ3) is 12.7. The van der Waals surface area contributed by atoms with Gasteiger partial charge in [-0.15, -0.1) is 34.0 Å². The van der Waals surface area contributed by atoms with Gasteiger partial charge >= 0.3 is 0 Å². The average molecular weight is 1840 g/mol. The second-order valence-electron chi connectivity index (χ2n) is 35.8. The van der Waals surface area contributed by atoms with E-state index in [1.807, 2.05) is 137 Å². The molecule has 0 aliphatic carbocycles. The van der Waals surface area contributed by atoms with Gasteiger partial charge in [-0.2, -0.15) is 0 Å². The van der Waals surface area contributed by atoms with Crippen molar-refractivity contribution in [2.24, 2.45) is 0 Å². The second-order valence-corrected chi connectivity index (χ2v) is 39.0. The summed E-state index contributed by atoms with van der Waals surface area (Å²) in [5.41, 5.74) is 25.6. The van der Waals surface area contributed by atoms with E-state index in [-0.39, 0.29) is 0 Å². The second kappa shape index (κ2) is 31.9. The molecular formula is C126H74N10OS3. The first-order chi connectivity index (χ1) is 69.4. The summed E-state index contributed by atoms with van der Waals surface area (Å²) in [6.45, 7) is 0. The highest BCUT2D eigenvalue weighted by atomic mass is 32.1. The number of hydrogen-bond donors (Lipinski definition) is 0. The summed E-state index contributed by atoms with van der Waals surface area (Å²) in [6, 6.07) is 161. The minimum absolute atomic E-state index is 0.555. The van der Waals surface area contributed by atoms with Crippen molar-refractivity contribution in [3.8, 4) is 113 Å². The van der Waals surface area contributed by atoms with Crippen molar-refractivity contribution in [1.82, 2.24) is 48.2 Å². The van der Waals surface area contributed by atoms with E-state index in [2.05, 4.69) is 364 Å². The molecule has 0 N–H and O–H groups in total. The van der Waals surface area contributed by atoms with Crippen molar-refractivity contribution < 1.29 is 4.42 Å². The molecule has 140 heavy (non-hydrogen) atoms. The highest BCUT2D eigenvalue weighted by Crippen LogP contribution is 2.50. The summed E-state index contributed by atoms with van der Waals surface area (Å²) < 4.78 is 24.4. The molecule has 0 aliphatic heterocycles. The van der Waals surface area contributed by atoms with Crippen molar-refractivity contribution in [2.45, 2.75) is 0 Å². The quantitative estimate of drug-likeness (QED) is 0.120. The van der Waals surface area contributed by atoms with Gasteiger partial charge < -0.3 is 22.7 Å². The van der Waals surface area contributed by atoms with Gasteiger partial charge in [0.1, 0.15) is 5.58 Å². The zero-order valence-corrected chi connectivity index (χ0v) is 77.3. The van der Waals surface area contributed by atoms with Crippen LogP contribution < -0.4 is 0 Å². The van der Waals surface area contributed by atoms with E-state index in [9.17, 15) is 0 Å². The van der Waals surface area contributed by atoms with Crippen LogP contribution in [0, 0.1) is 0 Å². The summed E-state index contributed by atoms with van der Waals surface area (Å²) in [4.78, 5) is 30.4. The number of furan rings is 1. The fraction of sp³-hybridized carbons (Fsp3) is 0.